The number of hydrogen-bond acceptors (Lipinski definition) is 2. The Morgan fingerprint density at radius 1 is 1.10 bits per heavy atom. The van der Waals surface area contributed by atoms with E-state index in [0.717, 1.165) is 11.3 Å². The summed E-state index contributed by atoms with van der Waals surface area (Å²) >= 11 is 3.55. The summed E-state index contributed by atoms with van der Waals surface area (Å²) in [6.45, 7) is 0. The smallest absolute Gasteiger partial charge is 0.131 e. The molecule has 0 fully saturated rings. The Balaban J connectivity index is 2.25. The van der Waals surface area contributed by atoms with Gasteiger partial charge in [-0.05, 0) is 36.2 Å². The van der Waals surface area contributed by atoms with Gasteiger partial charge in [-0.2, -0.15) is 0 Å². The van der Waals surface area contributed by atoms with Crippen LogP contribution >= 0.6 is 15.9 Å². The van der Waals surface area contributed by atoms with Gasteiger partial charge in [0.25, 0.3) is 0 Å². The van der Waals surface area contributed by atoms with E-state index in [4.69, 9.17) is 9.47 Å². The molecule has 0 N–H and O–H groups in total. The van der Waals surface area contributed by atoms with E-state index >= 15 is 0 Å². The second-order valence-corrected chi connectivity index (χ2v) is 5.48. The Morgan fingerprint density at radius 2 is 1.85 bits per heavy atom. The molecule has 20 heavy (non-hydrogen) atoms. The first-order valence-electron chi connectivity index (χ1n) is 6.25. The zero-order valence-electron chi connectivity index (χ0n) is 11.4. The minimum Gasteiger partial charge on any atom is -0.497 e. The first kappa shape index (κ1) is 14.9. The zero-order valence-corrected chi connectivity index (χ0v) is 13.0. The number of rotatable bonds is 5. The van der Waals surface area contributed by atoms with Gasteiger partial charge in [0.15, 0.2) is 0 Å². The van der Waals surface area contributed by atoms with Crippen LogP contribution in [-0.4, -0.2) is 14.2 Å². The fraction of sp³-hybridized carbons (Fsp3) is 0.250. The summed E-state index contributed by atoms with van der Waals surface area (Å²) in [6.07, 6.45) is 0.647. The first-order chi connectivity index (χ1) is 9.65. The van der Waals surface area contributed by atoms with E-state index in [2.05, 4.69) is 15.9 Å². The molecular weight excluding hydrogens is 323 g/mol. The minimum absolute atomic E-state index is 0.161. The van der Waals surface area contributed by atoms with Gasteiger partial charge in [0.05, 0.1) is 19.0 Å². The molecule has 4 heteroatoms. The van der Waals surface area contributed by atoms with Gasteiger partial charge < -0.3 is 9.47 Å². The Kier molecular flexibility index (Phi) is 5.01. The fourth-order valence-corrected chi connectivity index (χ4v) is 2.93. The number of ether oxygens (including phenoxy) is 2. The van der Waals surface area contributed by atoms with Crippen molar-refractivity contribution in [3.63, 3.8) is 0 Å². The Hall–Kier alpha value is -1.55. The number of halogens is 2. The molecule has 2 aromatic carbocycles. The van der Waals surface area contributed by atoms with Gasteiger partial charge in [0, 0.05) is 5.56 Å². The molecule has 2 nitrogen and oxygen atoms in total. The van der Waals surface area contributed by atoms with Crippen LogP contribution in [0.3, 0.4) is 0 Å². The summed E-state index contributed by atoms with van der Waals surface area (Å²) < 4.78 is 24.4. The minimum atomic E-state index is -0.269. The average Bonchev–Trinajstić information content (AvgIpc) is 2.46. The summed E-state index contributed by atoms with van der Waals surface area (Å²) in [7, 11) is 3.17. The molecule has 0 heterocycles. The van der Waals surface area contributed by atoms with Crippen LogP contribution in [0, 0.1) is 5.82 Å². The van der Waals surface area contributed by atoms with Crippen molar-refractivity contribution in [1.29, 1.82) is 0 Å². The highest BCUT2D eigenvalue weighted by Gasteiger charge is 2.18. The van der Waals surface area contributed by atoms with Crippen LogP contribution in [0.1, 0.15) is 16.0 Å². The van der Waals surface area contributed by atoms with E-state index in [1.165, 1.54) is 6.07 Å². The van der Waals surface area contributed by atoms with Crippen LogP contribution in [0.25, 0.3) is 0 Å². The van der Waals surface area contributed by atoms with Crippen LogP contribution in [0.2, 0.25) is 0 Å². The third kappa shape index (κ3) is 3.31. The zero-order chi connectivity index (χ0) is 14.5. The second-order valence-electron chi connectivity index (χ2n) is 4.38. The molecule has 0 aromatic heterocycles. The Labute approximate surface area is 126 Å². The van der Waals surface area contributed by atoms with Crippen LogP contribution in [0.15, 0.2) is 42.5 Å². The van der Waals surface area contributed by atoms with Crippen LogP contribution < -0.4 is 9.47 Å². The van der Waals surface area contributed by atoms with Gasteiger partial charge in [-0.3, -0.25) is 0 Å². The lowest BCUT2D eigenvalue weighted by molar-refractivity contribution is 0.404. The summed E-state index contributed by atoms with van der Waals surface area (Å²) in [5, 5.41) is 0. The van der Waals surface area contributed by atoms with E-state index < -0.39 is 0 Å². The second kappa shape index (κ2) is 6.75. The first-order valence-corrected chi connectivity index (χ1v) is 7.16. The Bertz CT molecular complexity index is 586. The third-order valence-corrected chi connectivity index (χ3v) is 3.88. The quantitative estimate of drug-likeness (QED) is 0.746. The lowest BCUT2D eigenvalue weighted by Gasteiger charge is -2.15. The molecule has 0 saturated heterocycles. The number of benzene rings is 2. The molecule has 0 aliphatic heterocycles. The average molecular weight is 339 g/mol. The van der Waals surface area contributed by atoms with Crippen molar-refractivity contribution in [2.75, 3.05) is 14.2 Å². The standard InChI is InChI=1S/C16H16BrFO2/c1-19-12-6-3-5-11(9-12)10-13(17)16-14(18)7-4-8-15(16)20-2/h3-9,13H,10H2,1-2H3. The van der Waals surface area contributed by atoms with Crippen molar-refractivity contribution >= 4 is 15.9 Å². The maximum absolute atomic E-state index is 14.0. The van der Waals surface area contributed by atoms with E-state index in [1.807, 2.05) is 24.3 Å². The molecule has 1 unspecified atom stereocenters. The maximum Gasteiger partial charge on any atom is 0.131 e. The highest BCUT2D eigenvalue weighted by Crippen LogP contribution is 2.36. The molecule has 2 rings (SSSR count). The number of hydrogen-bond donors (Lipinski definition) is 0. The van der Waals surface area contributed by atoms with E-state index in [0.29, 0.717) is 17.7 Å². The van der Waals surface area contributed by atoms with E-state index in [9.17, 15) is 4.39 Å². The van der Waals surface area contributed by atoms with Crippen molar-refractivity contribution in [1.82, 2.24) is 0 Å². The summed E-state index contributed by atoms with van der Waals surface area (Å²) in [6, 6.07) is 12.6. The predicted molar refractivity (Wildman–Crippen MR) is 81.3 cm³/mol. The molecular formula is C16H16BrFO2. The summed E-state index contributed by atoms with van der Waals surface area (Å²) in [5.74, 6) is 1.08. The van der Waals surface area contributed by atoms with Crippen molar-refractivity contribution < 1.29 is 13.9 Å². The lowest BCUT2D eigenvalue weighted by Crippen LogP contribution is -2.02. The van der Waals surface area contributed by atoms with Gasteiger partial charge in [-0.25, -0.2) is 4.39 Å². The van der Waals surface area contributed by atoms with E-state index in [-0.39, 0.29) is 10.6 Å². The molecule has 2 aromatic rings. The predicted octanol–water partition coefficient (Wildman–Crippen LogP) is 4.52. The molecule has 0 bridgehead atoms. The Morgan fingerprint density at radius 3 is 2.55 bits per heavy atom. The van der Waals surface area contributed by atoms with Crippen LogP contribution in [0.5, 0.6) is 11.5 Å². The molecule has 0 saturated carbocycles. The summed E-state index contributed by atoms with van der Waals surface area (Å²) in [4.78, 5) is -0.161. The van der Waals surface area contributed by atoms with E-state index in [1.54, 1.807) is 26.4 Å². The lowest BCUT2D eigenvalue weighted by atomic mass is 10.0. The monoisotopic (exact) mass is 338 g/mol. The van der Waals surface area contributed by atoms with Crippen molar-refractivity contribution in [3.8, 4) is 11.5 Å². The van der Waals surface area contributed by atoms with Crippen molar-refractivity contribution in [3.05, 3.63) is 59.4 Å². The summed E-state index contributed by atoms with van der Waals surface area (Å²) in [5.41, 5.74) is 1.61. The van der Waals surface area contributed by atoms with Gasteiger partial charge >= 0.3 is 0 Å². The fourth-order valence-electron chi connectivity index (χ4n) is 2.11. The molecule has 0 spiro atoms. The van der Waals surface area contributed by atoms with Gasteiger partial charge in [-0.1, -0.05) is 34.1 Å². The highest BCUT2D eigenvalue weighted by molar-refractivity contribution is 9.09. The van der Waals surface area contributed by atoms with Gasteiger partial charge in [0.2, 0.25) is 0 Å². The normalized spacial score (nSPS) is 12.0. The molecule has 1 atom stereocenters. The molecule has 106 valence electrons. The van der Waals surface area contributed by atoms with Gasteiger partial charge in [-0.15, -0.1) is 0 Å². The molecule has 0 amide bonds. The molecule has 0 radical (unpaired) electrons. The molecule has 0 aliphatic carbocycles. The van der Waals surface area contributed by atoms with Gasteiger partial charge in [0.1, 0.15) is 17.3 Å². The SMILES string of the molecule is COc1cccc(CC(Br)c2c(F)cccc2OC)c1. The van der Waals surface area contributed by atoms with Crippen LogP contribution in [0.4, 0.5) is 4.39 Å². The highest BCUT2D eigenvalue weighted by atomic mass is 79.9. The van der Waals surface area contributed by atoms with Crippen molar-refractivity contribution in [2.45, 2.75) is 11.2 Å². The maximum atomic E-state index is 14.0. The molecule has 0 aliphatic rings. The third-order valence-electron chi connectivity index (χ3n) is 3.10. The van der Waals surface area contributed by atoms with Crippen LogP contribution in [-0.2, 0) is 6.42 Å². The topological polar surface area (TPSA) is 18.5 Å². The largest absolute Gasteiger partial charge is 0.497 e. The number of alkyl halides is 1. The van der Waals surface area contributed by atoms with Crippen molar-refractivity contribution in [2.24, 2.45) is 0 Å². The number of methoxy groups -OCH3 is 2.